The zero-order valence-corrected chi connectivity index (χ0v) is 26.4. The Bertz CT molecular complexity index is 1800. The van der Waals surface area contributed by atoms with Gasteiger partial charge in [0.25, 0.3) is 0 Å². The van der Waals surface area contributed by atoms with Gasteiger partial charge in [-0.25, -0.2) is 26.6 Å². The van der Waals surface area contributed by atoms with Crippen molar-refractivity contribution in [3.63, 3.8) is 0 Å². The van der Waals surface area contributed by atoms with Crippen molar-refractivity contribution in [2.45, 2.75) is 56.3 Å². The molecule has 0 spiro atoms. The minimum Gasteiger partial charge on any atom is -0.381 e. The molecule has 0 amide bonds. The van der Waals surface area contributed by atoms with E-state index >= 15 is 13.2 Å². The Morgan fingerprint density at radius 2 is 1.87 bits per heavy atom. The largest absolute Gasteiger partial charge is 0.381 e. The van der Waals surface area contributed by atoms with Crippen LogP contribution in [0.4, 0.5) is 24.8 Å². The second kappa shape index (κ2) is 12.9. The molecule has 1 aromatic carbocycles. The van der Waals surface area contributed by atoms with Crippen molar-refractivity contribution in [1.82, 2.24) is 19.6 Å². The van der Waals surface area contributed by atoms with Crippen molar-refractivity contribution in [2.24, 2.45) is 11.7 Å². The van der Waals surface area contributed by atoms with E-state index in [1.54, 1.807) is 24.7 Å². The predicted octanol–water partition coefficient (Wildman–Crippen LogP) is 5.06. The first-order chi connectivity index (χ1) is 21.9. The molecular formula is C32H37F3N6O4S. The lowest BCUT2D eigenvalue weighted by Crippen LogP contribution is -2.47. The van der Waals surface area contributed by atoms with E-state index in [1.807, 2.05) is 13.0 Å². The average Bonchev–Trinajstić information content (AvgIpc) is 3.40. The van der Waals surface area contributed by atoms with Gasteiger partial charge in [0, 0.05) is 44.5 Å². The van der Waals surface area contributed by atoms with Gasteiger partial charge in [0.15, 0.2) is 0 Å². The minimum absolute atomic E-state index is 0.0235. The molecule has 3 aromatic heterocycles. The van der Waals surface area contributed by atoms with E-state index in [-0.39, 0.29) is 79.2 Å². The van der Waals surface area contributed by atoms with Crippen molar-refractivity contribution in [3.8, 4) is 11.3 Å². The van der Waals surface area contributed by atoms with Crippen molar-refractivity contribution in [3.05, 3.63) is 71.7 Å². The Labute approximate surface area is 265 Å². The maximum absolute atomic E-state index is 15.5. The molecule has 2 fully saturated rings. The number of aromatic nitrogens is 4. The van der Waals surface area contributed by atoms with Gasteiger partial charge in [-0.05, 0) is 66.1 Å². The molecule has 4 aromatic rings. The summed E-state index contributed by atoms with van der Waals surface area (Å²) in [6.07, 6.45) is 7.29. The number of pyridine rings is 1. The van der Waals surface area contributed by atoms with Crippen LogP contribution in [0.3, 0.4) is 0 Å². The number of ether oxygens (including phenoxy) is 2. The normalized spacial score (nSPS) is 23.4. The molecule has 1 saturated carbocycles. The fourth-order valence-electron chi connectivity index (χ4n) is 6.59. The van der Waals surface area contributed by atoms with Crippen molar-refractivity contribution in [1.29, 1.82) is 0 Å². The summed E-state index contributed by atoms with van der Waals surface area (Å²) >= 11 is 0. The van der Waals surface area contributed by atoms with Crippen LogP contribution in [-0.2, 0) is 25.0 Å². The highest BCUT2D eigenvalue weighted by atomic mass is 32.2. The smallest absolute Gasteiger partial charge is 0.229 e. The summed E-state index contributed by atoms with van der Waals surface area (Å²) in [6, 6.07) is 6.84. The Hall–Kier alpha value is -3.59. The van der Waals surface area contributed by atoms with Crippen molar-refractivity contribution < 1.29 is 31.1 Å². The second-order valence-electron chi connectivity index (χ2n) is 12.4. The number of halogens is 3. The molecule has 1 saturated heterocycles. The van der Waals surface area contributed by atoms with Gasteiger partial charge >= 0.3 is 0 Å². The maximum Gasteiger partial charge on any atom is 0.229 e. The van der Waals surface area contributed by atoms with Gasteiger partial charge in [0.1, 0.15) is 27.1 Å². The average molecular weight is 659 g/mol. The monoisotopic (exact) mass is 658 g/mol. The van der Waals surface area contributed by atoms with Gasteiger partial charge in [-0.15, -0.1) is 0 Å². The van der Waals surface area contributed by atoms with Crippen LogP contribution in [0.25, 0.3) is 16.8 Å². The van der Waals surface area contributed by atoms with Crippen LogP contribution in [0.5, 0.6) is 0 Å². The first-order valence-corrected chi connectivity index (χ1v) is 17.3. The summed E-state index contributed by atoms with van der Waals surface area (Å²) in [5.74, 6) is -1.44. The molecule has 246 valence electrons. The maximum atomic E-state index is 15.5. The van der Waals surface area contributed by atoms with Crippen LogP contribution in [0.15, 0.2) is 48.9 Å². The molecule has 1 aliphatic carbocycles. The van der Waals surface area contributed by atoms with Crippen LogP contribution >= 0.6 is 0 Å². The van der Waals surface area contributed by atoms with E-state index in [4.69, 9.17) is 15.2 Å². The summed E-state index contributed by atoms with van der Waals surface area (Å²) in [5, 5.41) is 7.79. The van der Waals surface area contributed by atoms with Crippen LogP contribution in [0.2, 0.25) is 0 Å². The quantitative estimate of drug-likeness (QED) is 0.253. The zero-order valence-electron chi connectivity index (χ0n) is 25.6. The summed E-state index contributed by atoms with van der Waals surface area (Å²) in [4.78, 5) is 8.74. The summed E-state index contributed by atoms with van der Waals surface area (Å²) < 4.78 is 81.9. The van der Waals surface area contributed by atoms with E-state index in [1.165, 1.54) is 16.8 Å². The third-order valence-electron chi connectivity index (χ3n) is 8.99. The number of benzene rings is 1. The van der Waals surface area contributed by atoms with Gasteiger partial charge < -0.3 is 20.5 Å². The number of anilines is 2. The number of fused-ring (bicyclic) bond motifs is 1. The fraction of sp³-hybridized carbons (Fsp3) is 0.469. The standard InChI is InChI=1S/C32H37F3N6O4S/c1-19-13-20(14-26(36)30(19)45-11-12-46(2,42)43)23-5-8-37-18-28(23)39-31-38-17-22-3-4-27(40-41(22)31)29-24(33)15-21(16-25(29)34)32(35)6-9-44-10-7-32/h3-5,8,15-20,26,30H,6-7,9-14,36H2,1-2H3,(H,38,39). The topological polar surface area (TPSA) is 134 Å². The van der Waals surface area contributed by atoms with E-state index in [9.17, 15) is 8.42 Å². The number of hydrogen-bond acceptors (Lipinski definition) is 9. The first kappa shape index (κ1) is 32.4. The molecule has 4 unspecified atom stereocenters. The molecule has 2 aliphatic rings. The van der Waals surface area contributed by atoms with Gasteiger partial charge in [-0.1, -0.05) is 6.92 Å². The van der Waals surface area contributed by atoms with E-state index in [0.29, 0.717) is 23.6 Å². The predicted molar refractivity (Wildman–Crippen MR) is 167 cm³/mol. The molecule has 1 aliphatic heterocycles. The summed E-state index contributed by atoms with van der Waals surface area (Å²) in [6.45, 7) is 2.51. The van der Waals surface area contributed by atoms with Crippen molar-refractivity contribution in [2.75, 3.05) is 37.1 Å². The third kappa shape index (κ3) is 6.75. The van der Waals surface area contributed by atoms with E-state index < -0.39 is 27.1 Å². The molecule has 0 bridgehead atoms. The minimum atomic E-state index is -3.14. The molecule has 4 heterocycles. The van der Waals surface area contributed by atoms with E-state index in [0.717, 1.165) is 24.1 Å². The highest BCUT2D eigenvalue weighted by Crippen LogP contribution is 2.41. The highest BCUT2D eigenvalue weighted by Gasteiger charge is 2.37. The van der Waals surface area contributed by atoms with Crippen LogP contribution < -0.4 is 11.1 Å². The van der Waals surface area contributed by atoms with Crippen LogP contribution in [-0.4, -0.2) is 72.0 Å². The lowest BCUT2D eigenvalue weighted by atomic mass is 9.74. The molecule has 14 heteroatoms. The number of rotatable bonds is 9. The number of nitrogens with two attached hydrogens (primary N) is 1. The molecule has 0 radical (unpaired) electrons. The SMILES string of the molecule is CC1CC(c2ccncc2Nc2ncc3ccc(-c4c(F)cc(C5(F)CCOCC5)cc4F)nn23)CC(N)C1OCCS(C)(=O)=O. The lowest BCUT2D eigenvalue weighted by Gasteiger charge is -2.39. The fourth-order valence-corrected chi connectivity index (χ4v) is 6.99. The van der Waals surface area contributed by atoms with Gasteiger partial charge in [-0.3, -0.25) is 4.98 Å². The molecule has 3 N–H and O–H groups in total. The summed E-state index contributed by atoms with van der Waals surface area (Å²) in [5.41, 5.74) is 6.52. The van der Waals surface area contributed by atoms with Gasteiger partial charge in [0.05, 0.1) is 53.3 Å². The number of sulfone groups is 1. The van der Waals surface area contributed by atoms with Gasteiger partial charge in [0.2, 0.25) is 5.95 Å². The Balaban J connectivity index is 1.24. The Morgan fingerprint density at radius 1 is 1.13 bits per heavy atom. The molecule has 46 heavy (non-hydrogen) atoms. The Kier molecular flexibility index (Phi) is 9.07. The van der Waals surface area contributed by atoms with Gasteiger partial charge in [-0.2, -0.15) is 9.61 Å². The molecule has 10 nitrogen and oxygen atoms in total. The van der Waals surface area contributed by atoms with Crippen molar-refractivity contribution >= 4 is 27.0 Å². The number of nitrogens with one attached hydrogen (secondary N) is 1. The second-order valence-corrected chi connectivity index (χ2v) is 14.7. The Morgan fingerprint density at radius 3 is 2.57 bits per heavy atom. The summed E-state index contributed by atoms with van der Waals surface area (Å²) in [7, 11) is -3.14. The molecule has 6 rings (SSSR count). The first-order valence-electron chi connectivity index (χ1n) is 15.3. The molecular weight excluding hydrogens is 621 g/mol. The molecule has 4 atom stereocenters. The number of hydrogen-bond donors (Lipinski definition) is 2. The van der Waals surface area contributed by atoms with Crippen LogP contribution in [0, 0.1) is 17.6 Å². The third-order valence-corrected chi connectivity index (χ3v) is 9.89. The zero-order chi connectivity index (χ0) is 32.6. The number of alkyl halides is 1. The number of imidazole rings is 1. The number of nitrogens with zero attached hydrogens (tertiary/aromatic N) is 4. The lowest BCUT2D eigenvalue weighted by molar-refractivity contribution is -0.0152. The highest BCUT2D eigenvalue weighted by molar-refractivity contribution is 7.90. The van der Waals surface area contributed by atoms with E-state index in [2.05, 4.69) is 20.4 Å². The van der Waals surface area contributed by atoms with Crippen LogP contribution in [0.1, 0.15) is 49.7 Å².